The minimum Gasteiger partial charge on any atom is -0.312 e. The van der Waals surface area contributed by atoms with E-state index in [1.165, 1.54) is 37.7 Å². The molecule has 0 amide bonds. The summed E-state index contributed by atoms with van der Waals surface area (Å²) in [6.45, 7) is 4.35. The maximum absolute atomic E-state index is 6.01. The number of rotatable bonds is 4. The number of hydrogen-bond donors (Lipinski definition) is 1. The Kier molecular flexibility index (Phi) is 4.94. The van der Waals surface area contributed by atoms with Crippen LogP contribution in [0.15, 0.2) is 18.2 Å². The molecule has 0 atom stereocenters. The van der Waals surface area contributed by atoms with E-state index in [1.54, 1.807) is 0 Å². The van der Waals surface area contributed by atoms with Gasteiger partial charge >= 0.3 is 0 Å². The molecule has 0 radical (unpaired) electrons. The first-order valence-electron chi connectivity index (χ1n) is 6.74. The molecular weight excluding hydrogens is 265 g/mol. The Hall–Kier alpha value is -0.240. The molecule has 1 aromatic carbocycles. The maximum atomic E-state index is 6.01. The molecule has 100 valence electrons. The van der Waals surface area contributed by atoms with E-state index in [9.17, 15) is 0 Å². The van der Waals surface area contributed by atoms with Crippen molar-refractivity contribution in [3.63, 3.8) is 0 Å². The zero-order valence-electron chi connectivity index (χ0n) is 10.9. The standard InChI is InChI=1S/C15H21Cl2N/c1-15(7-3-2-4-8-15)11-18-10-12-5-6-13(16)14(17)9-12/h5-6,9,18H,2-4,7-8,10-11H2,1H3. The van der Waals surface area contributed by atoms with Crippen LogP contribution in [0.4, 0.5) is 0 Å². The van der Waals surface area contributed by atoms with Crippen LogP contribution in [-0.2, 0) is 6.54 Å². The second kappa shape index (κ2) is 6.27. The molecule has 1 fully saturated rings. The SMILES string of the molecule is CC1(CNCc2ccc(Cl)c(Cl)c2)CCCCC1. The second-order valence-corrected chi connectivity index (χ2v) is 6.54. The van der Waals surface area contributed by atoms with Gasteiger partial charge in [0, 0.05) is 13.1 Å². The van der Waals surface area contributed by atoms with Gasteiger partial charge in [0.1, 0.15) is 0 Å². The van der Waals surface area contributed by atoms with Gasteiger partial charge in [-0.2, -0.15) is 0 Å². The summed E-state index contributed by atoms with van der Waals surface area (Å²) in [5.41, 5.74) is 1.68. The first-order valence-corrected chi connectivity index (χ1v) is 7.49. The Labute approximate surface area is 120 Å². The Bertz CT molecular complexity index is 397. The number of halogens is 2. The Morgan fingerprint density at radius 2 is 1.83 bits per heavy atom. The Morgan fingerprint density at radius 1 is 1.11 bits per heavy atom. The van der Waals surface area contributed by atoms with Crippen LogP contribution in [0.5, 0.6) is 0 Å². The molecule has 0 aliphatic heterocycles. The molecule has 1 saturated carbocycles. The quantitative estimate of drug-likeness (QED) is 0.816. The van der Waals surface area contributed by atoms with Gasteiger partial charge in [-0.1, -0.05) is 55.5 Å². The van der Waals surface area contributed by atoms with Crippen molar-refractivity contribution in [2.75, 3.05) is 6.54 Å². The van der Waals surface area contributed by atoms with Crippen molar-refractivity contribution >= 4 is 23.2 Å². The van der Waals surface area contributed by atoms with E-state index < -0.39 is 0 Å². The van der Waals surface area contributed by atoms with Crippen molar-refractivity contribution in [2.24, 2.45) is 5.41 Å². The van der Waals surface area contributed by atoms with Crippen molar-refractivity contribution in [1.29, 1.82) is 0 Å². The Morgan fingerprint density at radius 3 is 2.50 bits per heavy atom. The molecule has 1 N–H and O–H groups in total. The Balaban J connectivity index is 1.82. The summed E-state index contributed by atoms with van der Waals surface area (Å²) in [6, 6.07) is 5.84. The molecular formula is C15H21Cl2N. The van der Waals surface area contributed by atoms with E-state index in [4.69, 9.17) is 23.2 Å². The largest absolute Gasteiger partial charge is 0.312 e. The lowest BCUT2D eigenvalue weighted by Crippen LogP contribution is -2.33. The molecule has 1 aromatic rings. The van der Waals surface area contributed by atoms with E-state index >= 15 is 0 Å². The second-order valence-electron chi connectivity index (χ2n) is 5.72. The summed E-state index contributed by atoms with van der Waals surface area (Å²) in [7, 11) is 0. The van der Waals surface area contributed by atoms with Crippen LogP contribution in [-0.4, -0.2) is 6.54 Å². The smallest absolute Gasteiger partial charge is 0.0595 e. The predicted octanol–water partition coefficient (Wildman–Crippen LogP) is 5.05. The summed E-state index contributed by atoms with van der Waals surface area (Å²) >= 11 is 11.9. The fourth-order valence-corrected chi connectivity index (χ4v) is 3.06. The molecule has 3 heteroatoms. The zero-order valence-corrected chi connectivity index (χ0v) is 12.4. The lowest BCUT2D eigenvalue weighted by atomic mass is 9.76. The van der Waals surface area contributed by atoms with Crippen molar-refractivity contribution in [1.82, 2.24) is 5.32 Å². The van der Waals surface area contributed by atoms with Gasteiger partial charge in [-0.3, -0.25) is 0 Å². The van der Waals surface area contributed by atoms with Gasteiger partial charge in [0.25, 0.3) is 0 Å². The molecule has 2 rings (SSSR count). The van der Waals surface area contributed by atoms with Gasteiger partial charge < -0.3 is 5.32 Å². The average molecular weight is 286 g/mol. The van der Waals surface area contributed by atoms with Crippen molar-refractivity contribution < 1.29 is 0 Å². The minimum absolute atomic E-state index is 0.481. The maximum Gasteiger partial charge on any atom is 0.0595 e. The highest BCUT2D eigenvalue weighted by Gasteiger charge is 2.25. The van der Waals surface area contributed by atoms with E-state index in [1.807, 2.05) is 18.2 Å². The fraction of sp³-hybridized carbons (Fsp3) is 0.600. The highest BCUT2D eigenvalue weighted by molar-refractivity contribution is 6.42. The van der Waals surface area contributed by atoms with Gasteiger partial charge in [-0.15, -0.1) is 0 Å². The summed E-state index contributed by atoms with van der Waals surface area (Å²) in [5, 5.41) is 4.82. The van der Waals surface area contributed by atoms with Crippen LogP contribution in [0.1, 0.15) is 44.6 Å². The third kappa shape index (κ3) is 3.88. The van der Waals surface area contributed by atoms with Crippen LogP contribution >= 0.6 is 23.2 Å². The van der Waals surface area contributed by atoms with Crippen LogP contribution in [0.2, 0.25) is 10.0 Å². The fourth-order valence-electron chi connectivity index (χ4n) is 2.74. The molecule has 1 aliphatic carbocycles. The van der Waals surface area contributed by atoms with E-state index in [-0.39, 0.29) is 0 Å². The normalized spacial score (nSPS) is 18.8. The molecule has 0 heterocycles. The van der Waals surface area contributed by atoms with Gasteiger partial charge in [0.15, 0.2) is 0 Å². The van der Waals surface area contributed by atoms with E-state index in [2.05, 4.69) is 12.2 Å². The van der Waals surface area contributed by atoms with Crippen LogP contribution in [0, 0.1) is 5.41 Å². The van der Waals surface area contributed by atoms with Crippen LogP contribution < -0.4 is 5.32 Å². The molecule has 18 heavy (non-hydrogen) atoms. The van der Waals surface area contributed by atoms with Gasteiger partial charge in [-0.05, 0) is 36.0 Å². The summed E-state index contributed by atoms with van der Waals surface area (Å²) in [5.74, 6) is 0. The van der Waals surface area contributed by atoms with E-state index in [0.29, 0.717) is 15.5 Å². The molecule has 0 spiro atoms. The molecule has 0 saturated heterocycles. The lowest BCUT2D eigenvalue weighted by molar-refractivity contribution is 0.207. The van der Waals surface area contributed by atoms with Crippen molar-refractivity contribution in [3.8, 4) is 0 Å². The molecule has 0 unspecified atom stereocenters. The number of nitrogens with one attached hydrogen (secondary N) is 1. The van der Waals surface area contributed by atoms with Crippen molar-refractivity contribution in [2.45, 2.75) is 45.6 Å². The minimum atomic E-state index is 0.481. The average Bonchev–Trinajstić information content (AvgIpc) is 2.34. The molecule has 0 aromatic heterocycles. The highest BCUT2D eigenvalue weighted by atomic mass is 35.5. The highest BCUT2D eigenvalue weighted by Crippen LogP contribution is 2.35. The zero-order chi connectivity index (χ0) is 13.0. The summed E-state index contributed by atoms with van der Waals surface area (Å²) in [6.07, 6.45) is 6.86. The molecule has 1 nitrogen and oxygen atoms in total. The van der Waals surface area contributed by atoms with Gasteiger partial charge in [0.05, 0.1) is 10.0 Å². The third-order valence-electron chi connectivity index (χ3n) is 3.93. The van der Waals surface area contributed by atoms with Crippen molar-refractivity contribution in [3.05, 3.63) is 33.8 Å². The summed E-state index contributed by atoms with van der Waals surface area (Å²) < 4.78 is 0. The monoisotopic (exact) mass is 285 g/mol. The van der Waals surface area contributed by atoms with E-state index in [0.717, 1.165) is 13.1 Å². The molecule has 0 bridgehead atoms. The summed E-state index contributed by atoms with van der Waals surface area (Å²) in [4.78, 5) is 0. The lowest BCUT2D eigenvalue weighted by Gasteiger charge is -2.33. The third-order valence-corrected chi connectivity index (χ3v) is 4.66. The van der Waals surface area contributed by atoms with Gasteiger partial charge in [0.2, 0.25) is 0 Å². The number of hydrogen-bond acceptors (Lipinski definition) is 1. The van der Waals surface area contributed by atoms with Crippen LogP contribution in [0.3, 0.4) is 0 Å². The van der Waals surface area contributed by atoms with Gasteiger partial charge in [-0.25, -0.2) is 0 Å². The molecule has 1 aliphatic rings. The number of benzene rings is 1. The first-order chi connectivity index (χ1) is 8.59. The predicted molar refractivity (Wildman–Crippen MR) is 79.4 cm³/mol. The first kappa shape index (κ1) is 14.2. The topological polar surface area (TPSA) is 12.0 Å². The van der Waals surface area contributed by atoms with Crippen LogP contribution in [0.25, 0.3) is 0 Å².